The molecule has 152 valence electrons. The van der Waals surface area contributed by atoms with Gasteiger partial charge >= 0.3 is 0 Å². The lowest BCUT2D eigenvalue weighted by molar-refractivity contribution is -0.133. The zero-order valence-corrected chi connectivity index (χ0v) is 18.3. The molecular weight excluding hydrogens is 344 g/mol. The van der Waals surface area contributed by atoms with Crippen LogP contribution in [0.3, 0.4) is 0 Å². The molecule has 0 aromatic heterocycles. The Morgan fingerprint density at radius 3 is 1.54 bits per heavy atom. The average molecular weight is 381 g/mol. The highest BCUT2D eigenvalue weighted by atomic mass is 16.2. The quantitative estimate of drug-likeness (QED) is 0.711. The lowest BCUT2D eigenvalue weighted by Gasteiger charge is -2.42. The molecular formula is C25H36N2O. The molecule has 0 aliphatic rings. The first-order valence-electron chi connectivity index (χ1n) is 10.3. The van der Waals surface area contributed by atoms with Crippen LogP contribution in [0, 0.1) is 11.8 Å². The summed E-state index contributed by atoms with van der Waals surface area (Å²) < 4.78 is 0. The third-order valence-electron chi connectivity index (χ3n) is 6.39. The van der Waals surface area contributed by atoms with Crippen LogP contribution in [0.5, 0.6) is 0 Å². The van der Waals surface area contributed by atoms with Gasteiger partial charge in [-0.25, -0.2) is 0 Å². The van der Waals surface area contributed by atoms with E-state index < -0.39 is 5.41 Å². The van der Waals surface area contributed by atoms with E-state index in [0.717, 1.165) is 17.5 Å². The molecule has 0 radical (unpaired) electrons. The first-order chi connectivity index (χ1) is 13.2. The molecule has 0 aliphatic carbocycles. The van der Waals surface area contributed by atoms with Crippen LogP contribution >= 0.6 is 0 Å². The maximum atomic E-state index is 13.7. The Morgan fingerprint density at radius 2 is 1.21 bits per heavy atom. The van der Waals surface area contributed by atoms with Gasteiger partial charge in [0.2, 0.25) is 5.91 Å². The molecule has 3 nitrogen and oxygen atoms in total. The number of hydrogen-bond acceptors (Lipinski definition) is 2. The number of nitrogens with zero attached hydrogens (tertiary/aromatic N) is 1. The van der Waals surface area contributed by atoms with Crippen molar-refractivity contribution in [2.24, 2.45) is 17.6 Å². The van der Waals surface area contributed by atoms with E-state index in [0.29, 0.717) is 18.3 Å². The van der Waals surface area contributed by atoms with Crippen molar-refractivity contribution >= 4 is 5.91 Å². The lowest BCUT2D eigenvalue weighted by atomic mass is 9.65. The summed E-state index contributed by atoms with van der Waals surface area (Å²) in [5, 5.41) is 0. The number of carbonyl (C=O) groups excluding carboxylic acids is 1. The van der Waals surface area contributed by atoms with E-state index in [9.17, 15) is 4.79 Å². The van der Waals surface area contributed by atoms with Gasteiger partial charge in [0.05, 0.1) is 5.41 Å². The second kappa shape index (κ2) is 8.91. The van der Waals surface area contributed by atoms with Crippen molar-refractivity contribution in [1.82, 2.24) is 4.90 Å². The predicted molar refractivity (Wildman–Crippen MR) is 118 cm³/mol. The van der Waals surface area contributed by atoms with E-state index in [1.165, 1.54) is 0 Å². The highest BCUT2D eigenvalue weighted by Gasteiger charge is 2.45. The summed E-state index contributed by atoms with van der Waals surface area (Å²) in [4.78, 5) is 15.4. The third kappa shape index (κ3) is 4.15. The minimum atomic E-state index is -0.750. The van der Waals surface area contributed by atoms with Crippen LogP contribution in [0.25, 0.3) is 0 Å². The highest BCUT2D eigenvalue weighted by molar-refractivity contribution is 5.91. The maximum absolute atomic E-state index is 13.7. The van der Waals surface area contributed by atoms with Crippen LogP contribution in [0.15, 0.2) is 60.7 Å². The summed E-state index contributed by atoms with van der Waals surface area (Å²) >= 11 is 0. The molecule has 28 heavy (non-hydrogen) atoms. The summed E-state index contributed by atoms with van der Waals surface area (Å²) in [6.45, 7) is 8.72. The van der Waals surface area contributed by atoms with Crippen LogP contribution in [-0.4, -0.2) is 30.4 Å². The van der Waals surface area contributed by atoms with E-state index >= 15 is 0 Å². The number of likely N-dealkylation sites (N-methyl/N-ethyl adjacent to an activating group) is 1. The van der Waals surface area contributed by atoms with Crippen LogP contribution in [0.2, 0.25) is 0 Å². The zero-order chi connectivity index (χ0) is 20.9. The number of nitrogens with two attached hydrogens (primary N) is 1. The standard InChI is InChI=1S/C25H36N2O/c1-19(2)25(26,20(3)4)18-17-24(23(28)27(5)6,21-13-9-7-10-14-21)22-15-11-8-12-16-22/h7-16,19-20H,17-18,26H2,1-6H3. The van der Waals surface area contributed by atoms with E-state index in [2.05, 4.69) is 52.0 Å². The first kappa shape index (κ1) is 22.2. The van der Waals surface area contributed by atoms with Gasteiger partial charge in [-0.1, -0.05) is 88.4 Å². The second-order valence-electron chi connectivity index (χ2n) is 8.76. The fraction of sp³-hybridized carbons (Fsp3) is 0.480. The smallest absolute Gasteiger partial charge is 0.237 e. The summed E-state index contributed by atoms with van der Waals surface area (Å²) in [6.07, 6.45) is 1.44. The summed E-state index contributed by atoms with van der Waals surface area (Å²) in [7, 11) is 3.67. The van der Waals surface area contributed by atoms with Gasteiger partial charge in [-0.15, -0.1) is 0 Å². The molecule has 2 rings (SSSR count). The third-order valence-corrected chi connectivity index (χ3v) is 6.39. The van der Waals surface area contributed by atoms with Crippen molar-refractivity contribution in [3.05, 3.63) is 71.8 Å². The second-order valence-corrected chi connectivity index (χ2v) is 8.76. The highest BCUT2D eigenvalue weighted by Crippen LogP contribution is 2.41. The predicted octanol–water partition coefficient (Wildman–Crippen LogP) is 4.85. The zero-order valence-electron chi connectivity index (χ0n) is 18.3. The van der Waals surface area contributed by atoms with E-state index in [4.69, 9.17) is 5.73 Å². The van der Waals surface area contributed by atoms with Gasteiger partial charge in [0.1, 0.15) is 0 Å². The van der Waals surface area contributed by atoms with Crippen molar-refractivity contribution in [2.75, 3.05) is 14.1 Å². The Kier molecular flexibility index (Phi) is 7.06. The number of carbonyl (C=O) groups is 1. The minimum absolute atomic E-state index is 0.0970. The molecule has 0 saturated carbocycles. The van der Waals surface area contributed by atoms with Crippen molar-refractivity contribution in [2.45, 2.75) is 51.5 Å². The van der Waals surface area contributed by atoms with Gasteiger partial charge in [-0.3, -0.25) is 4.79 Å². The number of amides is 1. The molecule has 2 aromatic rings. The number of benzene rings is 2. The Balaban J connectivity index is 2.65. The van der Waals surface area contributed by atoms with Gasteiger partial charge in [-0.05, 0) is 35.8 Å². The monoisotopic (exact) mass is 380 g/mol. The lowest BCUT2D eigenvalue weighted by Crippen LogP contribution is -2.53. The number of rotatable bonds is 8. The van der Waals surface area contributed by atoms with Crippen LogP contribution in [0.1, 0.15) is 51.7 Å². The average Bonchev–Trinajstić information content (AvgIpc) is 2.69. The van der Waals surface area contributed by atoms with E-state index in [-0.39, 0.29) is 11.4 Å². The molecule has 2 N–H and O–H groups in total. The maximum Gasteiger partial charge on any atom is 0.237 e. The fourth-order valence-corrected chi connectivity index (χ4v) is 4.28. The van der Waals surface area contributed by atoms with Gasteiger partial charge in [0.15, 0.2) is 0 Å². The normalized spacial score (nSPS) is 12.5. The van der Waals surface area contributed by atoms with E-state index in [1.807, 2.05) is 50.5 Å². The van der Waals surface area contributed by atoms with Crippen LogP contribution in [0.4, 0.5) is 0 Å². The SMILES string of the molecule is CC(C)C(N)(CCC(C(=O)N(C)C)(c1ccccc1)c1ccccc1)C(C)C. The van der Waals surface area contributed by atoms with Gasteiger partial charge in [0.25, 0.3) is 0 Å². The Labute approximate surface area is 170 Å². The molecule has 0 fully saturated rings. The summed E-state index contributed by atoms with van der Waals surface area (Å²) in [5.41, 5.74) is 7.86. The van der Waals surface area contributed by atoms with Crippen molar-refractivity contribution < 1.29 is 4.79 Å². The number of hydrogen-bond donors (Lipinski definition) is 1. The minimum Gasteiger partial charge on any atom is -0.348 e. The molecule has 0 saturated heterocycles. The van der Waals surface area contributed by atoms with Crippen molar-refractivity contribution in [3.8, 4) is 0 Å². The van der Waals surface area contributed by atoms with Crippen molar-refractivity contribution in [3.63, 3.8) is 0 Å². The molecule has 0 bridgehead atoms. The van der Waals surface area contributed by atoms with Crippen molar-refractivity contribution in [1.29, 1.82) is 0 Å². The molecule has 1 amide bonds. The van der Waals surface area contributed by atoms with E-state index in [1.54, 1.807) is 4.90 Å². The van der Waals surface area contributed by atoms with Gasteiger partial charge in [-0.2, -0.15) is 0 Å². The van der Waals surface area contributed by atoms with Crippen LogP contribution in [-0.2, 0) is 10.2 Å². The molecule has 0 spiro atoms. The molecule has 2 aromatic carbocycles. The van der Waals surface area contributed by atoms with Gasteiger partial charge < -0.3 is 10.6 Å². The Morgan fingerprint density at radius 1 is 0.821 bits per heavy atom. The Hall–Kier alpha value is -2.13. The molecule has 0 unspecified atom stereocenters. The summed E-state index contributed by atoms with van der Waals surface area (Å²) in [6, 6.07) is 20.3. The molecule has 0 aliphatic heterocycles. The largest absolute Gasteiger partial charge is 0.348 e. The topological polar surface area (TPSA) is 46.3 Å². The molecule has 3 heteroatoms. The van der Waals surface area contributed by atoms with Gasteiger partial charge in [0, 0.05) is 19.6 Å². The first-order valence-corrected chi connectivity index (χ1v) is 10.3. The fourth-order valence-electron chi connectivity index (χ4n) is 4.28. The molecule has 0 atom stereocenters. The Bertz CT molecular complexity index is 703. The summed E-state index contributed by atoms with van der Waals surface area (Å²) in [5.74, 6) is 0.747. The van der Waals surface area contributed by atoms with Crippen LogP contribution < -0.4 is 5.73 Å². The molecule has 0 heterocycles.